The van der Waals surface area contributed by atoms with Gasteiger partial charge in [0.05, 0.1) is 9.74 Å². The van der Waals surface area contributed by atoms with Crippen LogP contribution in [0.1, 0.15) is 28.8 Å². The number of carbonyl (C=O) groups excluding carboxylic acids is 1. The van der Waals surface area contributed by atoms with Crippen LogP contribution in [0, 0.1) is 6.92 Å². The summed E-state index contributed by atoms with van der Waals surface area (Å²) in [5.74, 6) is 0.112. The average Bonchev–Trinajstić information content (AvgIpc) is 2.49. The number of phenols is 1. The van der Waals surface area contributed by atoms with Gasteiger partial charge in [0, 0.05) is 24.2 Å². The molecule has 4 nitrogen and oxygen atoms in total. The molecule has 1 fully saturated rings. The fourth-order valence-corrected chi connectivity index (χ4v) is 3.89. The minimum Gasteiger partial charge on any atom is -0.508 e. The Balaban J connectivity index is 2.14. The number of aromatic hydroxyl groups is 1. The summed E-state index contributed by atoms with van der Waals surface area (Å²) in [5.41, 5.74) is 7.04. The minimum atomic E-state index is -0.194. The Labute approximate surface area is 134 Å². The number of nitrogens with two attached hydrogens (primary N) is 1. The summed E-state index contributed by atoms with van der Waals surface area (Å²) in [4.78, 5) is 14.9. The quantitative estimate of drug-likeness (QED) is 0.835. The maximum Gasteiger partial charge on any atom is 0.254 e. The lowest BCUT2D eigenvalue weighted by atomic mass is 9.94. The van der Waals surface area contributed by atoms with Crippen molar-refractivity contribution in [3.05, 3.63) is 29.3 Å². The molecular formula is C15H20N2O2S2. The first-order chi connectivity index (χ1) is 9.91. The van der Waals surface area contributed by atoms with E-state index in [9.17, 15) is 9.90 Å². The molecule has 1 aromatic rings. The summed E-state index contributed by atoms with van der Waals surface area (Å²) in [7, 11) is 0. The lowest BCUT2D eigenvalue weighted by Crippen LogP contribution is -2.50. The Morgan fingerprint density at radius 1 is 1.43 bits per heavy atom. The number of hydrogen-bond acceptors (Lipinski definition) is 4. The molecule has 0 unspecified atom stereocenters. The van der Waals surface area contributed by atoms with Gasteiger partial charge in [0.2, 0.25) is 0 Å². The van der Waals surface area contributed by atoms with Gasteiger partial charge in [-0.3, -0.25) is 4.79 Å². The van der Waals surface area contributed by atoms with E-state index in [-0.39, 0.29) is 16.4 Å². The van der Waals surface area contributed by atoms with Crippen LogP contribution in [0.3, 0.4) is 0 Å². The molecule has 0 atom stereocenters. The van der Waals surface area contributed by atoms with E-state index in [0.717, 1.165) is 12.8 Å². The zero-order chi connectivity index (χ0) is 15.6. The summed E-state index contributed by atoms with van der Waals surface area (Å²) < 4.78 is -0.194. The standard InChI is InChI=1S/C15H20N2O2S2/c1-10-11(4-3-5-12(10)18)13(19)17-8-6-15(21-2,7-9-17)14(16)20/h3-5,18H,6-9H2,1-2H3,(H2,16,20). The first kappa shape index (κ1) is 16.1. The van der Waals surface area contributed by atoms with Crippen LogP contribution < -0.4 is 5.73 Å². The van der Waals surface area contributed by atoms with E-state index in [1.165, 1.54) is 0 Å². The smallest absolute Gasteiger partial charge is 0.254 e. The maximum absolute atomic E-state index is 12.6. The second-order valence-corrected chi connectivity index (χ2v) is 6.93. The van der Waals surface area contributed by atoms with E-state index in [4.69, 9.17) is 18.0 Å². The summed E-state index contributed by atoms with van der Waals surface area (Å²) in [6.07, 6.45) is 3.55. The number of nitrogens with zero attached hydrogens (tertiary/aromatic N) is 1. The van der Waals surface area contributed by atoms with Crippen LogP contribution in [0.4, 0.5) is 0 Å². The van der Waals surface area contributed by atoms with Gasteiger partial charge in [-0.1, -0.05) is 18.3 Å². The number of thiocarbonyl (C=S) groups is 1. The number of hydrogen-bond donors (Lipinski definition) is 2. The fourth-order valence-electron chi connectivity index (χ4n) is 2.65. The predicted octanol–water partition coefficient (Wildman–Crippen LogP) is 2.32. The van der Waals surface area contributed by atoms with Gasteiger partial charge in [0.15, 0.2) is 0 Å². The number of benzene rings is 1. The van der Waals surface area contributed by atoms with Crippen molar-refractivity contribution in [2.45, 2.75) is 24.5 Å². The van der Waals surface area contributed by atoms with E-state index in [1.807, 2.05) is 11.2 Å². The lowest BCUT2D eigenvalue weighted by molar-refractivity contribution is 0.0717. The van der Waals surface area contributed by atoms with Crippen molar-refractivity contribution in [1.29, 1.82) is 0 Å². The lowest BCUT2D eigenvalue weighted by Gasteiger charge is -2.40. The van der Waals surface area contributed by atoms with Crippen molar-refractivity contribution in [1.82, 2.24) is 4.90 Å². The second kappa shape index (κ2) is 6.23. The largest absolute Gasteiger partial charge is 0.508 e. The molecule has 0 spiro atoms. The molecule has 1 amide bonds. The summed E-state index contributed by atoms with van der Waals surface area (Å²) >= 11 is 6.86. The zero-order valence-corrected chi connectivity index (χ0v) is 13.9. The van der Waals surface area contributed by atoms with Gasteiger partial charge in [0.1, 0.15) is 5.75 Å². The Bertz CT molecular complexity index is 567. The third-order valence-corrected chi connectivity index (χ3v) is 6.16. The van der Waals surface area contributed by atoms with E-state index >= 15 is 0 Å². The van der Waals surface area contributed by atoms with Crippen molar-refractivity contribution >= 4 is 34.9 Å². The molecule has 1 heterocycles. The monoisotopic (exact) mass is 324 g/mol. The first-order valence-corrected chi connectivity index (χ1v) is 8.47. The fraction of sp³-hybridized carbons (Fsp3) is 0.467. The molecule has 1 aliphatic heterocycles. The van der Waals surface area contributed by atoms with Crippen LogP contribution >= 0.6 is 24.0 Å². The van der Waals surface area contributed by atoms with Gasteiger partial charge < -0.3 is 15.7 Å². The third kappa shape index (κ3) is 3.01. The van der Waals surface area contributed by atoms with Gasteiger partial charge in [0.25, 0.3) is 5.91 Å². The van der Waals surface area contributed by atoms with Crippen molar-refractivity contribution in [2.24, 2.45) is 5.73 Å². The number of carbonyl (C=O) groups is 1. The predicted molar refractivity (Wildman–Crippen MR) is 91.0 cm³/mol. The van der Waals surface area contributed by atoms with Crippen molar-refractivity contribution < 1.29 is 9.90 Å². The highest BCUT2D eigenvalue weighted by Gasteiger charge is 2.38. The molecule has 2 rings (SSSR count). The highest BCUT2D eigenvalue weighted by molar-refractivity contribution is 8.02. The van der Waals surface area contributed by atoms with Crippen LogP contribution in [0.2, 0.25) is 0 Å². The van der Waals surface area contributed by atoms with Crippen LogP contribution in [0.15, 0.2) is 18.2 Å². The number of phenolic OH excluding ortho intramolecular Hbond substituents is 1. The molecule has 6 heteroatoms. The van der Waals surface area contributed by atoms with E-state index in [0.29, 0.717) is 29.2 Å². The third-order valence-electron chi connectivity index (χ3n) is 4.23. The van der Waals surface area contributed by atoms with Gasteiger partial charge in [-0.25, -0.2) is 0 Å². The van der Waals surface area contributed by atoms with E-state index in [2.05, 4.69) is 0 Å². The SMILES string of the molecule is CSC1(C(N)=S)CCN(C(=O)c2cccc(O)c2C)CC1. The number of piperidine rings is 1. The van der Waals surface area contributed by atoms with Crippen LogP contribution in [0.5, 0.6) is 5.75 Å². The molecule has 1 aromatic carbocycles. The number of rotatable bonds is 3. The number of likely N-dealkylation sites (tertiary alicyclic amines) is 1. The average molecular weight is 324 g/mol. The highest BCUT2D eigenvalue weighted by atomic mass is 32.2. The van der Waals surface area contributed by atoms with Crippen molar-refractivity contribution in [3.63, 3.8) is 0 Å². The summed E-state index contributed by atoms with van der Waals surface area (Å²) in [6, 6.07) is 5.04. The minimum absolute atomic E-state index is 0.0407. The molecule has 1 aliphatic rings. The molecule has 114 valence electrons. The Morgan fingerprint density at radius 3 is 2.57 bits per heavy atom. The van der Waals surface area contributed by atoms with E-state index in [1.54, 1.807) is 36.9 Å². The molecule has 0 aromatic heterocycles. The molecule has 1 saturated heterocycles. The Morgan fingerprint density at radius 2 is 2.05 bits per heavy atom. The normalized spacial score (nSPS) is 17.5. The van der Waals surface area contributed by atoms with Crippen LogP contribution in [-0.2, 0) is 0 Å². The first-order valence-electron chi connectivity index (χ1n) is 6.84. The van der Waals surface area contributed by atoms with Gasteiger partial charge in [-0.2, -0.15) is 11.8 Å². The zero-order valence-electron chi connectivity index (χ0n) is 12.3. The van der Waals surface area contributed by atoms with Gasteiger partial charge in [-0.15, -0.1) is 0 Å². The highest BCUT2D eigenvalue weighted by Crippen LogP contribution is 2.35. The van der Waals surface area contributed by atoms with E-state index < -0.39 is 0 Å². The molecule has 0 saturated carbocycles. The molecule has 0 aliphatic carbocycles. The molecule has 0 radical (unpaired) electrons. The van der Waals surface area contributed by atoms with Gasteiger partial charge in [-0.05, 0) is 38.2 Å². The summed E-state index contributed by atoms with van der Waals surface area (Å²) in [5, 5.41) is 9.73. The maximum atomic E-state index is 12.6. The number of thioether (sulfide) groups is 1. The van der Waals surface area contributed by atoms with Gasteiger partial charge >= 0.3 is 0 Å². The topological polar surface area (TPSA) is 66.6 Å². The van der Waals surface area contributed by atoms with Crippen molar-refractivity contribution in [3.8, 4) is 5.75 Å². The Hall–Kier alpha value is -1.27. The molecular weight excluding hydrogens is 304 g/mol. The second-order valence-electron chi connectivity index (χ2n) is 5.30. The molecule has 0 bridgehead atoms. The van der Waals surface area contributed by atoms with Crippen molar-refractivity contribution in [2.75, 3.05) is 19.3 Å². The van der Waals surface area contributed by atoms with Crippen LogP contribution in [0.25, 0.3) is 0 Å². The Kier molecular flexibility index (Phi) is 4.78. The van der Waals surface area contributed by atoms with Crippen LogP contribution in [-0.4, -0.2) is 45.0 Å². The summed E-state index contributed by atoms with van der Waals surface area (Å²) in [6.45, 7) is 3.02. The number of amides is 1. The molecule has 21 heavy (non-hydrogen) atoms. The molecule has 3 N–H and O–H groups in total.